The number of nitrogens with one attached hydrogen (secondary N) is 1. The van der Waals surface area contributed by atoms with Crippen molar-refractivity contribution in [1.29, 1.82) is 0 Å². The van der Waals surface area contributed by atoms with Crippen molar-refractivity contribution < 1.29 is 14.3 Å². The smallest absolute Gasteiger partial charge is 0.409 e. The van der Waals surface area contributed by atoms with Crippen molar-refractivity contribution in [3.63, 3.8) is 0 Å². The summed E-state index contributed by atoms with van der Waals surface area (Å²) in [4.78, 5) is 25.6. The predicted molar refractivity (Wildman–Crippen MR) is 96.3 cm³/mol. The van der Waals surface area contributed by atoms with Gasteiger partial charge >= 0.3 is 6.09 Å². The van der Waals surface area contributed by atoms with E-state index in [-0.39, 0.29) is 18.0 Å². The van der Waals surface area contributed by atoms with Crippen LogP contribution >= 0.6 is 0 Å². The number of fused-ring (bicyclic) bond motifs is 1. The van der Waals surface area contributed by atoms with Crippen LogP contribution in [0.2, 0.25) is 0 Å². The zero-order chi connectivity index (χ0) is 17.6. The number of hydrogen-bond acceptors (Lipinski definition) is 3. The summed E-state index contributed by atoms with van der Waals surface area (Å²) in [5, 5.41) is 4.28. The fourth-order valence-electron chi connectivity index (χ4n) is 3.28. The lowest BCUT2D eigenvalue weighted by molar-refractivity contribution is -0.122. The van der Waals surface area contributed by atoms with E-state index in [1.165, 1.54) is 5.39 Å². The summed E-state index contributed by atoms with van der Waals surface area (Å²) < 4.78 is 7.12. The average molecular weight is 343 g/mol. The number of ether oxygens (including phenoxy) is 1. The number of aromatic nitrogens is 1. The van der Waals surface area contributed by atoms with Crippen molar-refractivity contribution in [1.82, 2.24) is 14.8 Å². The van der Waals surface area contributed by atoms with Crippen LogP contribution in [0.3, 0.4) is 0 Å². The average Bonchev–Trinajstić information content (AvgIpc) is 3.04. The lowest BCUT2D eigenvalue weighted by Crippen LogP contribution is -2.46. The van der Waals surface area contributed by atoms with Gasteiger partial charge in [-0.1, -0.05) is 18.2 Å². The zero-order valence-electron chi connectivity index (χ0n) is 14.6. The molecule has 2 amide bonds. The maximum Gasteiger partial charge on any atom is 0.409 e. The Morgan fingerprint density at radius 3 is 2.72 bits per heavy atom. The summed E-state index contributed by atoms with van der Waals surface area (Å²) >= 11 is 0. The fourth-order valence-corrected chi connectivity index (χ4v) is 3.28. The van der Waals surface area contributed by atoms with Gasteiger partial charge in [-0.25, -0.2) is 4.79 Å². The van der Waals surface area contributed by atoms with Gasteiger partial charge in [-0.15, -0.1) is 0 Å². The molecule has 2 heterocycles. The van der Waals surface area contributed by atoms with Gasteiger partial charge in [-0.05, 0) is 37.3 Å². The number of carbonyl (C=O) groups is 2. The molecule has 0 bridgehead atoms. The standard InChI is InChI=1S/C19H25N3O3/c1-2-25-19(24)22-12-8-16(9-13-22)20-18(23)10-14-21-11-7-15-5-3-4-6-17(15)21/h3-7,11,16H,2,8-10,12-14H2,1H3,(H,20,23). The van der Waals surface area contributed by atoms with E-state index < -0.39 is 0 Å². The molecule has 6 heteroatoms. The second-order valence-electron chi connectivity index (χ2n) is 6.35. The highest BCUT2D eigenvalue weighted by atomic mass is 16.6. The molecule has 1 saturated heterocycles. The molecule has 1 aliphatic rings. The molecule has 0 radical (unpaired) electrons. The number of rotatable bonds is 5. The normalized spacial score (nSPS) is 15.3. The monoisotopic (exact) mass is 343 g/mol. The minimum absolute atomic E-state index is 0.0624. The van der Waals surface area contributed by atoms with E-state index in [9.17, 15) is 9.59 Å². The highest BCUT2D eigenvalue weighted by Crippen LogP contribution is 2.16. The van der Waals surface area contributed by atoms with E-state index in [0.29, 0.717) is 32.7 Å². The molecule has 2 aromatic rings. The lowest BCUT2D eigenvalue weighted by Gasteiger charge is -2.31. The maximum absolute atomic E-state index is 12.2. The van der Waals surface area contributed by atoms with Gasteiger partial charge in [0.1, 0.15) is 0 Å². The first-order valence-electron chi connectivity index (χ1n) is 8.92. The Morgan fingerprint density at radius 2 is 1.96 bits per heavy atom. The number of carbonyl (C=O) groups excluding carboxylic acids is 2. The van der Waals surface area contributed by atoms with Gasteiger partial charge in [0.15, 0.2) is 0 Å². The van der Waals surface area contributed by atoms with Gasteiger partial charge in [0.2, 0.25) is 5.91 Å². The van der Waals surface area contributed by atoms with Crippen LogP contribution in [-0.2, 0) is 16.1 Å². The topological polar surface area (TPSA) is 63.6 Å². The van der Waals surface area contributed by atoms with Crippen molar-refractivity contribution in [3.05, 3.63) is 36.5 Å². The molecule has 0 atom stereocenters. The highest BCUT2D eigenvalue weighted by molar-refractivity contribution is 5.80. The first kappa shape index (κ1) is 17.3. The van der Waals surface area contributed by atoms with Gasteiger partial charge in [-0.2, -0.15) is 0 Å². The molecule has 0 aliphatic carbocycles. The van der Waals surface area contributed by atoms with E-state index in [0.717, 1.165) is 18.4 Å². The number of nitrogens with zero attached hydrogens (tertiary/aromatic N) is 2. The Labute approximate surface area is 147 Å². The van der Waals surface area contributed by atoms with Gasteiger partial charge < -0.3 is 19.5 Å². The maximum atomic E-state index is 12.2. The third-order valence-corrected chi connectivity index (χ3v) is 4.65. The minimum atomic E-state index is -0.258. The van der Waals surface area contributed by atoms with Crippen LogP contribution in [0.25, 0.3) is 10.9 Å². The summed E-state index contributed by atoms with van der Waals surface area (Å²) in [6.07, 6.45) is 3.77. The summed E-state index contributed by atoms with van der Waals surface area (Å²) in [7, 11) is 0. The molecule has 0 unspecified atom stereocenters. The summed E-state index contributed by atoms with van der Waals surface area (Å²) in [5.74, 6) is 0.0624. The molecule has 1 aliphatic heterocycles. The molecule has 6 nitrogen and oxygen atoms in total. The fraction of sp³-hybridized carbons (Fsp3) is 0.474. The van der Waals surface area contributed by atoms with Crippen LogP contribution in [0.4, 0.5) is 4.79 Å². The van der Waals surface area contributed by atoms with Gasteiger partial charge in [0, 0.05) is 43.8 Å². The van der Waals surface area contributed by atoms with Crippen molar-refractivity contribution in [2.75, 3.05) is 19.7 Å². The molecule has 1 aromatic carbocycles. The number of likely N-dealkylation sites (tertiary alicyclic amines) is 1. The molecule has 25 heavy (non-hydrogen) atoms. The van der Waals surface area contributed by atoms with Crippen LogP contribution in [0, 0.1) is 0 Å². The molecular weight excluding hydrogens is 318 g/mol. The van der Waals surface area contributed by atoms with Crippen LogP contribution in [-0.4, -0.2) is 47.2 Å². The highest BCUT2D eigenvalue weighted by Gasteiger charge is 2.24. The minimum Gasteiger partial charge on any atom is -0.450 e. The first-order chi connectivity index (χ1) is 12.2. The second kappa shape index (κ2) is 8.05. The van der Waals surface area contributed by atoms with Crippen LogP contribution < -0.4 is 5.32 Å². The summed E-state index contributed by atoms with van der Waals surface area (Å²) in [5.41, 5.74) is 1.15. The Morgan fingerprint density at radius 1 is 1.20 bits per heavy atom. The second-order valence-corrected chi connectivity index (χ2v) is 6.35. The predicted octanol–water partition coefficient (Wildman–Crippen LogP) is 2.77. The number of aryl methyl sites for hydroxylation is 1. The van der Waals surface area contributed by atoms with E-state index in [4.69, 9.17) is 4.74 Å². The zero-order valence-corrected chi connectivity index (χ0v) is 14.6. The number of hydrogen-bond donors (Lipinski definition) is 1. The molecule has 134 valence electrons. The Hall–Kier alpha value is -2.50. The van der Waals surface area contributed by atoms with Crippen LogP contribution in [0.1, 0.15) is 26.2 Å². The SMILES string of the molecule is CCOC(=O)N1CCC(NC(=O)CCn2ccc3ccccc32)CC1. The molecule has 0 saturated carbocycles. The molecule has 3 rings (SSSR count). The van der Waals surface area contributed by atoms with E-state index in [2.05, 4.69) is 28.1 Å². The Kier molecular flexibility index (Phi) is 5.58. The lowest BCUT2D eigenvalue weighted by atomic mass is 10.1. The Bertz CT molecular complexity index is 732. The number of benzene rings is 1. The number of piperidine rings is 1. The third-order valence-electron chi connectivity index (χ3n) is 4.65. The molecule has 0 spiro atoms. The summed E-state index contributed by atoms with van der Waals surface area (Å²) in [6.45, 7) is 4.13. The van der Waals surface area contributed by atoms with Crippen molar-refractivity contribution in [2.24, 2.45) is 0 Å². The number of para-hydroxylation sites is 1. The molecule has 1 aromatic heterocycles. The third kappa shape index (κ3) is 4.32. The molecular formula is C19H25N3O3. The largest absolute Gasteiger partial charge is 0.450 e. The Balaban J connectivity index is 1.44. The van der Waals surface area contributed by atoms with Gasteiger partial charge in [0.05, 0.1) is 6.61 Å². The van der Waals surface area contributed by atoms with Gasteiger partial charge in [-0.3, -0.25) is 4.79 Å². The molecule has 1 N–H and O–H groups in total. The van der Waals surface area contributed by atoms with Gasteiger partial charge in [0.25, 0.3) is 0 Å². The van der Waals surface area contributed by atoms with E-state index in [1.54, 1.807) is 11.8 Å². The van der Waals surface area contributed by atoms with Crippen molar-refractivity contribution in [2.45, 2.75) is 38.8 Å². The van der Waals surface area contributed by atoms with Crippen molar-refractivity contribution in [3.8, 4) is 0 Å². The molecule has 1 fully saturated rings. The quantitative estimate of drug-likeness (QED) is 0.908. The van der Waals surface area contributed by atoms with E-state index in [1.807, 2.05) is 18.3 Å². The summed E-state index contributed by atoms with van der Waals surface area (Å²) in [6, 6.07) is 10.4. The van der Waals surface area contributed by atoms with Crippen molar-refractivity contribution >= 4 is 22.9 Å². The number of amides is 2. The van der Waals surface area contributed by atoms with Crippen LogP contribution in [0.5, 0.6) is 0 Å². The van der Waals surface area contributed by atoms with E-state index >= 15 is 0 Å². The first-order valence-corrected chi connectivity index (χ1v) is 8.92. The van der Waals surface area contributed by atoms with Crippen LogP contribution in [0.15, 0.2) is 36.5 Å².